The van der Waals surface area contributed by atoms with Gasteiger partial charge in [-0.25, -0.2) is 0 Å². The summed E-state index contributed by atoms with van der Waals surface area (Å²) in [6.45, 7) is 7.33. The first-order valence-electron chi connectivity index (χ1n) is 4.46. The summed E-state index contributed by atoms with van der Waals surface area (Å²) in [7, 11) is 0. The highest BCUT2D eigenvalue weighted by Gasteiger charge is 2.01. The molecule has 68 valence electrons. The van der Waals surface area contributed by atoms with Crippen molar-refractivity contribution in [2.45, 2.75) is 39.8 Å². The van der Waals surface area contributed by atoms with Crippen LogP contribution in [0.3, 0.4) is 0 Å². The van der Waals surface area contributed by atoms with Crippen molar-refractivity contribution >= 4 is 0 Å². The molecule has 0 aromatic carbocycles. The molecule has 0 fully saturated rings. The summed E-state index contributed by atoms with van der Waals surface area (Å²) in [5.41, 5.74) is 2.42. The highest BCUT2D eigenvalue weighted by Crippen LogP contribution is 2.02. The first-order valence-corrected chi connectivity index (χ1v) is 4.46. The maximum Gasteiger partial charge on any atom is 0.0535 e. The second kappa shape index (κ2) is 4.26. The largest absolute Gasteiger partial charge is 0.310 e. The van der Waals surface area contributed by atoms with Crippen LogP contribution in [0.2, 0.25) is 0 Å². The lowest BCUT2D eigenvalue weighted by Gasteiger charge is -2.09. The van der Waals surface area contributed by atoms with Gasteiger partial charge in [0.15, 0.2) is 0 Å². The molecule has 1 aromatic rings. The minimum Gasteiger partial charge on any atom is -0.310 e. The van der Waals surface area contributed by atoms with Crippen LogP contribution in [-0.2, 0) is 6.54 Å². The molecule has 0 bridgehead atoms. The third kappa shape index (κ3) is 2.34. The predicted molar refractivity (Wildman–Crippen MR) is 49.9 cm³/mol. The van der Waals surface area contributed by atoms with E-state index in [-0.39, 0.29) is 0 Å². The zero-order valence-corrected chi connectivity index (χ0v) is 8.02. The fraction of sp³-hybridized carbons (Fsp3) is 0.667. The van der Waals surface area contributed by atoms with Crippen LogP contribution in [0, 0.1) is 6.92 Å². The van der Waals surface area contributed by atoms with Crippen LogP contribution in [0.1, 0.15) is 31.5 Å². The van der Waals surface area contributed by atoms with E-state index in [1.165, 1.54) is 5.56 Å². The third-order valence-corrected chi connectivity index (χ3v) is 2.19. The molecular weight excluding hydrogens is 150 g/mol. The molecule has 1 heterocycles. The van der Waals surface area contributed by atoms with Crippen molar-refractivity contribution in [1.29, 1.82) is 0 Å². The second-order valence-electron chi connectivity index (χ2n) is 3.21. The fourth-order valence-electron chi connectivity index (χ4n) is 0.982. The maximum absolute atomic E-state index is 3.96. The molecule has 3 heteroatoms. The maximum atomic E-state index is 3.96. The molecule has 0 spiro atoms. The molecule has 0 radical (unpaired) electrons. The SMILES string of the molecule is CC[C@H](C)NCc1cn[nH]c1C. The average Bonchev–Trinajstić information content (AvgIpc) is 2.47. The van der Waals surface area contributed by atoms with Crippen molar-refractivity contribution in [3.05, 3.63) is 17.5 Å². The van der Waals surface area contributed by atoms with Crippen LogP contribution >= 0.6 is 0 Å². The van der Waals surface area contributed by atoms with Gasteiger partial charge in [-0.2, -0.15) is 5.10 Å². The summed E-state index contributed by atoms with van der Waals surface area (Å²) in [5, 5.41) is 10.3. The summed E-state index contributed by atoms with van der Waals surface area (Å²) in [5.74, 6) is 0. The van der Waals surface area contributed by atoms with Gasteiger partial charge in [-0.3, -0.25) is 5.10 Å². The number of hydrogen-bond acceptors (Lipinski definition) is 2. The first-order chi connectivity index (χ1) is 5.74. The van der Waals surface area contributed by atoms with E-state index in [9.17, 15) is 0 Å². The first kappa shape index (κ1) is 9.26. The van der Waals surface area contributed by atoms with Crippen molar-refractivity contribution < 1.29 is 0 Å². The van der Waals surface area contributed by atoms with Crippen LogP contribution in [0.4, 0.5) is 0 Å². The monoisotopic (exact) mass is 167 g/mol. The smallest absolute Gasteiger partial charge is 0.0535 e. The summed E-state index contributed by atoms with van der Waals surface area (Å²) < 4.78 is 0. The Morgan fingerprint density at radius 3 is 2.92 bits per heavy atom. The highest BCUT2D eigenvalue weighted by molar-refractivity contribution is 5.13. The minimum atomic E-state index is 0.583. The molecule has 3 nitrogen and oxygen atoms in total. The molecular formula is C9H17N3. The molecule has 0 amide bonds. The number of hydrogen-bond donors (Lipinski definition) is 2. The zero-order valence-electron chi connectivity index (χ0n) is 8.02. The average molecular weight is 167 g/mol. The van der Waals surface area contributed by atoms with Gasteiger partial charge in [-0.05, 0) is 20.3 Å². The van der Waals surface area contributed by atoms with E-state index in [1.54, 1.807) is 0 Å². The van der Waals surface area contributed by atoms with Crippen LogP contribution in [-0.4, -0.2) is 16.2 Å². The molecule has 0 unspecified atom stereocenters. The van der Waals surface area contributed by atoms with Gasteiger partial charge in [0, 0.05) is 23.8 Å². The number of rotatable bonds is 4. The zero-order chi connectivity index (χ0) is 8.97. The molecule has 0 aliphatic rings. The molecule has 1 atom stereocenters. The van der Waals surface area contributed by atoms with Crippen molar-refractivity contribution in [1.82, 2.24) is 15.5 Å². The number of nitrogens with zero attached hydrogens (tertiary/aromatic N) is 1. The Morgan fingerprint density at radius 1 is 1.67 bits per heavy atom. The molecule has 0 aliphatic carbocycles. The summed E-state index contributed by atoms with van der Waals surface area (Å²) in [6, 6.07) is 0.583. The van der Waals surface area contributed by atoms with Crippen molar-refractivity contribution in [3.63, 3.8) is 0 Å². The molecule has 1 aromatic heterocycles. The molecule has 0 aliphatic heterocycles. The normalized spacial score (nSPS) is 13.2. The second-order valence-corrected chi connectivity index (χ2v) is 3.21. The van der Waals surface area contributed by atoms with E-state index in [4.69, 9.17) is 0 Å². The Hall–Kier alpha value is -0.830. The van der Waals surface area contributed by atoms with Gasteiger partial charge >= 0.3 is 0 Å². The lowest BCUT2D eigenvalue weighted by atomic mass is 10.2. The molecule has 2 N–H and O–H groups in total. The minimum absolute atomic E-state index is 0.583. The van der Waals surface area contributed by atoms with Gasteiger partial charge in [0.2, 0.25) is 0 Å². The van der Waals surface area contributed by atoms with Gasteiger partial charge < -0.3 is 5.32 Å². The van der Waals surface area contributed by atoms with E-state index in [2.05, 4.69) is 29.4 Å². The third-order valence-electron chi connectivity index (χ3n) is 2.19. The quantitative estimate of drug-likeness (QED) is 0.715. The van der Waals surface area contributed by atoms with Gasteiger partial charge in [0.05, 0.1) is 6.20 Å². The van der Waals surface area contributed by atoms with Gasteiger partial charge in [-0.15, -0.1) is 0 Å². The van der Waals surface area contributed by atoms with E-state index in [0.717, 1.165) is 18.7 Å². The molecule has 1 rings (SSSR count). The topological polar surface area (TPSA) is 40.7 Å². The predicted octanol–water partition coefficient (Wildman–Crippen LogP) is 1.61. The van der Waals surface area contributed by atoms with E-state index < -0.39 is 0 Å². The lowest BCUT2D eigenvalue weighted by molar-refractivity contribution is 0.533. The van der Waals surface area contributed by atoms with E-state index >= 15 is 0 Å². The van der Waals surface area contributed by atoms with Crippen molar-refractivity contribution in [2.24, 2.45) is 0 Å². The molecule has 0 saturated carbocycles. The Kier molecular flexibility index (Phi) is 3.29. The molecule has 12 heavy (non-hydrogen) atoms. The van der Waals surface area contributed by atoms with E-state index in [0.29, 0.717) is 6.04 Å². The Morgan fingerprint density at radius 2 is 2.42 bits per heavy atom. The number of nitrogens with one attached hydrogen (secondary N) is 2. The highest BCUT2D eigenvalue weighted by atomic mass is 15.1. The van der Waals surface area contributed by atoms with Crippen LogP contribution < -0.4 is 5.32 Å². The van der Waals surface area contributed by atoms with E-state index in [1.807, 2.05) is 13.1 Å². The lowest BCUT2D eigenvalue weighted by Crippen LogP contribution is -2.24. The van der Waals surface area contributed by atoms with Gasteiger partial charge in [0.25, 0.3) is 0 Å². The molecule has 0 saturated heterocycles. The van der Waals surface area contributed by atoms with Crippen LogP contribution in [0.25, 0.3) is 0 Å². The standard InChI is InChI=1S/C9H17N3/c1-4-7(2)10-5-9-6-11-12-8(9)3/h6-7,10H,4-5H2,1-3H3,(H,11,12)/t7-/m0/s1. The number of aromatic nitrogens is 2. The fourth-order valence-corrected chi connectivity index (χ4v) is 0.982. The van der Waals surface area contributed by atoms with Crippen molar-refractivity contribution in [3.8, 4) is 0 Å². The Labute approximate surface area is 73.6 Å². The van der Waals surface area contributed by atoms with Crippen LogP contribution in [0.15, 0.2) is 6.20 Å². The Bertz CT molecular complexity index is 229. The van der Waals surface area contributed by atoms with Crippen molar-refractivity contribution in [2.75, 3.05) is 0 Å². The number of H-pyrrole nitrogens is 1. The summed E-state index contributed by atoms with van der Waals surface area (Å²) in [6.07, 6.45) is 3.04. The van der Waals surface area contributed by atoms with Gasteiger partial charge in [0.1, 0.15) is 0 Å². The van der Waals surface area contributed by atoms with Gasteiger partial charge in [-0.1, -0.05) is 6.92 Å². The summed E-state index contributed by atoms with van der Waals surface area (Å²) in [4.78, 5) is 0. The number of aromatic amines is 1. The van der Waals surface area contributed by atoms with Crippen LogP contribution in [0.5, 0.6) is 0 Å². The number of aryl methyl sites for hydroxylation is 1. The Balaban J connectivity index is 2.38. The summed E-state index contributed by atoms with van der Waals surface area (Å²) >= 11 is 0.